The fraction of sp³-hybridized carbons (Fsp3) is 0.737. The standard InChI is InChI=1S/C38H57NO12S/c1-11-15-45-28-17-20(3)30(41)24(7)38(8)34(50-37(44)51-38)27(12-2)47-35(43)23(6)32(48-29(40)19-25-14-13-16-52-25)22(5)33(28)49-36-31(42)26(39(9)10)18-21(4)46-36/h11,13-14,16,20-24,26-28,31-34,36,42H,1,12,15,17-19H2,2-10H3/t20-,21-,22+,23-,24+,26+,27-,28-,31-,32+,33-,34-,36+,38-/m1/s1. The van der Waals surface area contributed by atoms with Crippen LogP contribution in [0.5, 0.6) is 0 Å². The number of cyclic esters (lactones) is 1. The van der Waals surface area contributed by atoms with Gasteiger partial charge in [-0.1, -0.05) is 39.8 Å². The van der Waals surface area contributed by atoms with Crippen LogP contribution in [0.3, 0.4) is 0 Å². The second-order valence-electron chi connectivity index (χ2n) is 14.9. The minimum Gasteiger partial charge on any atom is -0.461 e. The number of thiophene rings is 1. The number of ether oxygens (including phenoxy) is 7. The van der Waals surface area contributed by atoms with E-state index in [4.69, 9.17) is 33.2 Å². The number of aliphatic hydroxyl groups excluding tert-OH is 1. The van der Waals surface area contributed by atoms with E-state index in [9.17, 15) is 24.3 Å². The van der Waals surface area contributed by atoms with E-state index in [0.717, 1.165) is 4.88 Å². The number of aliphatic hydroxyl groups is 1. The molecule has 0 amide bonds. The number of nitrogens with zero attached hydrogens (tertiary/aromatic N) is 1. The summed E-state index contributed by atoms with van der Waals surface area (Å²) >= 11 is 1.41. The predicted octanol–water partition coefficient (Wildman–Crippen LogP) is 4.72. The Kier molecular flexibility index (Phi) is 14.5. The number of likely N-dealkylation sites (N-methyl/N-ethyl adjacent to an activating group) is 1. The number of Topliss-reactive ketones (excluding diaryl/α,β-unsaturated/α-hetero) is 1. The largest absolute Gasteiger partial charge is 0.509 e. The molecular weight excluding hydrogens is 694 g/mol. The second-order valence-corrected chi connectivity index (χ2v) is 15.9. The molecule has 1 aromatic rings. The van der Waals surface area contributed by atoms with Gasteiger partial charge in [0.1, 0.15) is 24.1 Å². The van der Waals surface area contributed by atoms with Crippen molar-refractivity contribution >= 4 is 35.2 Å². The lowest BCUT2D eigenvalue weighted by molar-refractivity contribution is -0.290. The second kappa shape index (κ2) is 18.0. The number of ketones is 1. The van der Waals surface area contributed by atoms with Crippen LogP contribution in [-0.4, -0.2) is 115 Å². The van der Waals surface area contributed by atoms with Gasteiger partial charge in [-0.25, -0.2) is 4.79 Å². The van der Waals surface area contributed by atoms with Gasteiger partial charge < -0.3 is 43.2 Å². The van der Waals surface area contributed by atoms with E-state index >= 15 is 0 Å². The molecule has 3 fully saturated rings. The molecule has 0 unspecified atom stereocenters. The molecule has 0 spiro atoms. The van der Waals surface area contributed by atoms with Crippen LogP contribution in [0.25, 0.3) is 0 Å². The Balaban J connectivity index is 1.83. The van der Waals surface area contributed by atoms with E-state index in [2.05, 4.69) is 6.58 Å². The third-order valence-corrected chi connectivity index (χ3v) is 11.8. The molecule has 0 aromatic carbocycles. The maximum atomic E-state index is 14.2. The summed E-state index contributed by atoms with van der Waals surface area (Å²) in [5.41, 5.74) is -1.46. The third-order valence-electron chi connectivity index (χ3n) is 10.9. The zero-order valence-electron chi connectivity index (χ0n) is 31.9. The van der Waals surface area contributed by atoms with Crippen LogP contribution in [0.1, 0.15) is 72.6 Å². The molecule has 0 bridgehead atoms. The average Bonchev–Trinajstić information content (AvgIpc) is 3.72. The lowest BCUT2D eigenvalue weighted by Crippen LogP contribution is -2.58. The van der Waals surface area contributed by atoms with Gasteiger partial charge in [-0.2, -0.15) is 0 Å². The first-order chi connectivity index (χ1) is 24.5. The van der Waals surface area contributed by atoms with E-state index in [0.29, 0.717) is 6.42 Å². The maximum absolute atomic E-state index is 14.2. The summed E-state index contributed by atoms with van der Waals surface area (Å²) < 4.78 is 42.8. The SMILES string of the molecule is C=CCO[C@@H]1C[C@@H](C)C(=O)[C@H](C)[C@@]2(C)OC(=O)O[C@@H]2[C@@H](CC)OC(=O)[C@H](C)[C@@H](OC(=O)Cc2cccs2)[C@H](C)[C@H]1O[C@@H]1O[C@H](C)C[C@H](N(C)C)[C@H]1O. The van der Waals surface area contributed by atoms with Crippen molar-refractivity contribution in [3.63, 3.8) is 0 Å². The molecule has 13 nitrogen and oxygen atoms in total. The Hall–Kier alpha value is -2.88. The molecule has 0 radical (unpaired) electrons. The van der Waals surface area contributed by atoms with Crippen LogP contribution in [0.2, 0.25) is 0 Å². The lowest BCUT2D eigenvalue weighted by atomic mass is 9.75. The topological polar surface area (TPSA) is 156 Å². The smallest absolute Gasteiger partial charge is 0.461 e. The number of rotatable bonds is 10. The lowest BCUT2D eigenvalue weighted by Gasteiger charge is -2.45. The molecule has 3 saturated heterocycles. The number of hydrogen-bond acceptors (Lipinski definition) is 14. The highest BCUT2D eigenvalue weighted by Gasteiger charge is 2.58. The Morgan fingerprint density at radius 2 is 1.83 bits per heavy atom. The van der Waals surface area contributed by atoms with Crippen molar-refractivity contribution in [1.82, 2.24) is 4.90 Å². The molecule has 1 aromatic heterocycles. The van der Waals surface area contributed by atoms with Gasteiger partial charge in [0.2, 0.25) is 0 Å². The van der Waals surface area contributed by atoms with Gasteiger partial charge in [-0.3, -0.25) is 14.4 Å². The number of carbonyl (C=O) groups is 4. The number of fused-ring (bicyclic) bond motifs is 1. The minimum atomic E-state index is -1.46. The molecule has 0 aliphatic carbocycles. The van der Waals surface area contributed by atoms with Crippen molar-refractivity contribution in [2.24, 2.45) is 23.7 Å². The first-order valence-corrected chi connectivity index (χ1v) is 19.1. The fourth-order valence-electron chi connectivity index (χ4n) is 7.63. The van der Waals surface area contributed by atoms with Gasteiger partial charge in [-0.15, -0.1) is 17.9 Å². The average molecular weight is 752 g/mol. The molecule has 292 valence electrons. The van der Waals surface area contributed by atoms with Crippen molar-refractivity contribution in [1.29, 1.82) is 0 Å². The molecular formula is C38H57NO12S. The Labute approximate surface area is 311 Å². The summed E-state index contributed by atoms with van der Waals surface area (Å²) in [7, 11) is 3.74. The van der Waals surface area contributed by atoms with E-state index in [1.54, 1.807) is 47.6 Å². The summed E-state index contributed by atoms with van der Waals surface area (Å²) in [5, 5.41) is 13.4. The van der Waals surface area contributed by atoms with E-state index in [1.807, 2.05) is 43.4 Å². The Bertz CT molecular complexity index is 1390. The summed E-state index contributed by atoms with van der Waals surface area (Å²) in [6.07, 6.45) is -5.92. The molecule has 1 N–H and O–H groups in total. The highest BCUT2D eigenvalue weighted by atomic mass is 32.1. The predicted molar refractivity (Wildman–Crippen MR) is 191 cm³/mol. The van der Waals surface area contributed by atoms with Gasteiger partial charge in [0, 0.05) is 22.8 Å². The fourth-order valence-corrected chi connectivity index (χ4v) is 8.33. The zero-order chi connectivity index (χ0) is 38.5. The normalized spacial score (nSPS) is 39.1. The molecule has 14 heteroatoms. The van der Waals surface area contributed by atoms with Crippen LogP contribution in [0.15, 0.2) is 30.2 Å². The summed E-state index contributed by atoms with van der Waals surface area (Å²) in [6.45, 7) is 16.0. The van der Waals surface area contributed by atoms with Gasteiger partial charge in [0.25, 0.3) is 0 Å². The zero-order valence-corrected chi connectivity index (χ0v) is 32.7. The molecule has 3 aliphatic heterocycles. The monoisotopic (exact) mass is 751 g/mol. The summed E-state index contributed by atoms with van der Waals surface area (Å²) in [6, 6.07) is 3.37. The van der Waals surface area contributed by atoms with E-state index < -0.39 is 90.3 Å². The van der Waals surface area contributed by atoms with E-state index in [1.165, 1.54) is 11.3 Å². The van der Waals surface area contributed by atoms with Crippen molar-refractivity contribution in [2.45, 2.75) is 135 Å². The van der Waals surface area contributed by atoms with Crippen molar-refractivity contribution in [2.75, 3.05) is 20.7 Å². The number of hydrogen-bond donors (Lipinski definition) is 1. The Morgan fingerprint density at radius 3 is 2.44 bits per heavy atom. The Morgan fingerprint density at radius 1 is 1.12 bits per heavy atom. The first-order valence-electron chi connectivity index (χ1n) is 18.3. The van der Waals surface area contributed by atoms with Crippen LogP contribution in [0.4, 0.5) is 4.79 Å². The molecule has 3 aliphatic rings. The number of carbonyl (C=O) groups excluding carboxylic acids is 4. The highest BCUT2D eigenvalue weighted by molar-refractivity contribution is 7.10. The van der Waals surface area contributed by atoms with Gasteiger partial charge in [0.15, 0.2) is 18.0 Å². The van der Waals surface area contributed by atoms with Crippen LogP contribution >= 0.6 is 11.3 Å². The molecule has 52 heavy (non-hydrogen) atoms. The summed E-state index contributed by atoms with van der Waals surface area (Å²) in [5.74, 6) is -4.83. The minimum absolute atomic E-state index is 0.0220. The van der Waals surface area contributed by atoms with Crippen molar-refractivity contribution in [3.8, 4) is 0 Å². The van der Waals surface area contributed by atoms with Crippen LogP contribution < -0.4 is 0 Å². The van der Waals surface area contributed by atoms with Crippen molar-refractivity contribution in [3.05, 3.63) is 35.0 Å². The number of esters is 2. The highest BCUT2D eigenvalue weighted by Crippen LogP contribution is 2.41. The quantitative estimate of drug-likeness (QED) is 0.199. The molecule has 14 atom stereocenters. The van der Waals surface area contributed by atoms with Gasteiger partial charge in [-0.05, 0) is 65.6 Å². The third kappa shape index (κ3) is 9.43. The van der Waals surface area contributed by atoms with Crippen LogP contribution in [0, 0.1) is 23.7 Å². The van der Waals surface area contributed by atoms with Crippen molar-refractivity contribution < 1.29 is 57.4 Å². The van der Waals surface area contributed by atoms with Gasteiger partial charge >= 0.3 is 18.1 Å². The van der Waals surface area contributed by atoms with Crippen LogP contribution in [-0.2, 0) is 54.0 Å². The summed E-state index contributed by atoms with van der Waals surface area (Å²) in [4.78, 5) is 57.2. The maximum Gasteiger partial charge on any atom is 0.509 e. The first kappa shape index (κ1) is 41.9. The molecule has 4 heterocycles. The molecule has 4 rings (SSSR count). The van der Waals surface area contributed by atoms with E-state index in [-0.39, 0.29) is 43.8 Å². The molecule has 0 saturated carbocycles. The van der Waals surface area contributed by atoms with Gasteiger partial charge in [0.05, 0.1) is 43.2 Å².